The number of carbonyl (C=O) groups is 3. The van der Waals surface area contributed by atoms with Crippen molar-refractivity contribution in [3.05, 3.63) is 52.7 Å². The lowest BCUT2D eigenvalue weighted by molar-refractivity contribution is -0.143. The quantitative estimate of drug-likeness (QED) is 0.222. The number of hydrogen-bond acceptors (Lipinski definition) is 10. The van der Waals surface area contributed by atoms with Gasteiger partial charge in [-0.05, 0) is 30.7 Å². The predicted molar refractivity (Wildman–Crippen MR) is 128 cm³/mol. The molecule has 2 aromatic heterocycles. The number of rotatable bonds is 11. The van der Waals surface area contributed by atoms with Gasteiger partial charge in [-0.25, -0.2) is 28.0 Å². The molecule has 0 radical (unpaired) electrons. The number of carboxylic acid groups (broad SMARTS) is 1. The number of amides is 2. The number of carbonyl (C=O) groups excluding carboxylic acids is 2. The zero-order valence-electron chi connectivity index (χ0n) is 19.4. The molecule has 3 heterocycles. The third-order valence-corrected chi connectivity index (χ3v) is 7.33. The van der Waals surface area contributed by atoms with Gasteiger partial charge < -0.3 is 20.5 Å². The van der Waals surface area contributed by atoms with Crippen molar-refractivity contribution in [3.8, 4) is 5.69 Å². The van der Waals surface area contributed by atoms with E-state index in [1.807, 2.05) is 0 Å². The van der Waals surface area contributed by atoms with Crippen LogP contribution in [0, 0.1) is 0 Å². The molecule has 0 spiro atoms. The van der Waals surface area contributed by atoms with Gasteiger partial charge in [0, 0.05) is 11.8 Å². The first kappa shape index (κ1) is 26.3. The third-order valence-electron chi connectivity index (χ3n) is 5.76. The predicted octanol–water partition coefficient (Wildman–Crippen LogP) is -0.653. The Hall–Kier alpha value is -3.73. The van der Waals surface area contributed by atoms with E-state index in [4.69, 9.17) is 9.88 Å². The minimum absolute atomic E-state index is 0.0223. The Morgan fingerprint density at radius 3 is 2.57 bits per heavy atom. The number of epoxide rings is 1. The number of nitrogens with zero attached hydrogens (tertiary/aromatic N) is 4. The maximum Gasteiger partial charge on any atom is 0.339 e. The van der Waals surface area contributed by atoms with E-state index in [0.717, 1.165) is 0 Å². The van der Waals surface area contributed by atoms with E-state index < -0.39 is 45.6 Å². The van der Waals surface area contributed by atoms with Crippen LogP contribution in [0.2, 0.25) is 0 Å². The van der Waals surface area contributed by atoms with Gasteiger partial charge in [-0.2, -0.15) is 0 Å². The van der Waals surface area contributed by atoms with Gasteiger partial charge in [0.15, 0.2) is 6.10 Å². The lowest BCUT2D eigenvalue weighted by Crippen LogP contribution is -2.50. The van der Waals surface area contributed by atoms with Crippen LogP contribution in [-0.4, -0.2) is 69.0 Å². The second kappa shape index (κ2) is 10.3. The molecule has 1 fully saturated rings. The van der Waals surface area contributed by atoms with Crippen LogP contribution in [0.3, 0.4) is 0 Å². The van der Waals surface area contributed by atoms with Gasteiger partial charge in [0.25, 0.3) is 5.91 Å². The van der Waals surface area contributed by atoms with Crippen LogP contribution in [0.1, 0.15) is 24.7 Å². The minimum Gasteiger partial charge on any atom is -0.479 e. The number of aliphatic carboxylic acids is 1. The second-order valence-corrected chi connectivity index (χ2v) is 10.5. The minimum atomic E-state index is -3.83. The molecular weight excluding hydrogens is 526 g/mol. The molecule has 0 bridgehead atoms. The Morgan fingerprint density at radius 2 is 2.00 bits per heavy atom. The van der Waals surface area contributed by atoms with Gasteiger partial charge in [-0.1, -0.05) is 12.1 Å². The molecule has 5 N–H and O–H groups in total. The molecule has 3 atom stereocenters. The largest absolute Gasteiger partial charge is 0.479 e. The van der Waals surface area contributed by atoms with Gasteiger partial charge in [-0.15, -0.1) is 16.4 Å². The molecule has 0 aliphatic carbocycles. The summed E-state index contributed by atoms with van der Waals surface area (Å²) in [5.74, 6) is -2.47. The molecule has 0 saturated carbocycles. The first-order chi connectivity index (χ1) is 17.5. The molecule has 1 aliphatic heterocycles. The molecule has 2 amide bonds. The second-order valence-electron chi connectivity index (χ2n) is 8.20. The fraction of sp³-hybridized carbons (Fsp3) is 0.333. The number of primary sulfonamides is 1. The molecule has 196 valence electrons. The number of carboxylic acids is 1. The first-order valence-corrected chi connectivity index (χ1v) is 13.4. The number of aromatic nitrogens is 4. The highest BCUT2D eigenvalue weighted by atomic mass is 32.2. The van der Waals surface area contributed by atoms with Gasteiger partial charge in [-0.3, -0.25) is 9.59 Å². The third kappa shape index (κ3) is 5.82. The number of nitrogens with one attached hydrogen (secondary N) is 2. The van der Waals surface area contributed by atoms with E-state index in [0.29, 0.717) is 17.1 Å². The molecule has 1 aromatic carbocycles. The van der Waals surface area contributed by atoms with Crippen molar-refractivity contribution in [1.82, 2.24) is 30.6 Å². The standard InChI is InChI=1S/C21H23N7O7S2/c1-2-21(20(31)32)17(35-21)19(30)25-16(7-12-10-36-11-24-12)18(29)23-8-13-9-28(27-26-13)14-3-5-15(6-4-14)37(22,33)34/h3-6,9-11,16-17H,2,7-8H2,1H3,(H,23,29)(H,25,30)(H,31,32)(H2,22,33,34)/t16-,17+,21-/m0/s1. The van der Waals surface area contributed by atoms with Crippen molar-refractivity contribution in [3.63, 3.8) is 0 Å². The van der Waals surface area contributed by atoms with E-state index in [2.05, 4.69) is 25.9 Å². The van der Waals surface area contributed by atoms with Crippen LogP contribution in [0.4, 0.5) is 0 Å². The van der Waals surface area contributed by atoms with Crippen molar-refractivity contribution < 1.29 is 32.6 Å². The highest BCUT2D eigenvalue weighted by molar-refractivity contribution is 7.89. The number of thiazole rings is 1. The summed E-state index contributed by atoms with van der Waals surface area (Å²) >= 11 is 1.33. The zero-order valence-corrected chi connectivity index (χ0v) is 21.0. The number of benzene rings is 1. The molecule has 4 rings (SSSR count). The smallest absolute Gasteiger partial charge is 0.339 e. The van der Waals surface area contributed by atoms with Gasteiger partial charge in [0.2, 0.25) is 21.5 Å². The summed E-state index contributed by atoms with van der Waals surface area (Å²) in [6, 6.07) is 4.64. The van der Waals surface area contributed by atoms with Crippen molar-refractivity contribution >= 4 is 39.1 Å². The van der Waals surface area contributed by atoms with Gasteiger partial charge in [0.05, 0.1) is 34.5 Å². The van der Waals surface area contributed by atoms with E-state index in [9.17, 15) is 27.9 Å². The fourth-order valence-corrected chi connectivity index (χ4v) is 4.71. The van der Waals surface area contributed by atoms with Crippen LogP contribution in [-0.2, 0) is 42.1 Å². The number of hydrogen-bond donors (Lipinski definition) is 4. The summed E-state index contributed by atoms with van der Waals surface area (Å²) in [6.07, 6.45) is 0.537. The Kier molecular flexibility index (Phi) is 7.35. The molecule has 37 heavy (non-hydrogen) atoms. The Morgan fingerprint density at radius 1 is 1.27 bits per heavy atom. The van der Waals surface area contributed by atoms with E-state index in [-0.39, 0.29) is 24.3 Å². The SMILES string of the molecule is CC[C@]1(C(=O)O)O[C@@H]1C(=O)N[C@@H](Cc1cscn1)C(=O)NCc1cn(-c2ccc(S(N)(=O)=O)cc2)nn1. The highest BCUT2D eigenvalue weighted by Crippen LogP contribution is 2.40. The number of ether oxygens (including phenoxy) is 1. The zero-order chi connectivity index (χ0) is 26.8. The average molecular weight is 550 g/mol. The summed E-state index contributed by atoms with van der Waals surface area (Å²) < 4.78 is 29.4. The molecule has 1 saturated heterocycles. The first-order valence-electron chi connectivity index (χ1n) is 10.9. The molecular formula is C21H23N7O7S2. The van der Waals surface area contributed by atoms with E-state index in [1.165, 1.54) is 40.3 Å². The van der Waals surface area contributed by atoms with Crippen molar-refractivity contribution in [2.24, 2.45) is 5.14 Å². The van der Waals surface area contributed by atoms with Crippen molar-refractivity contribution in [2.75, 3.05) is 0 Å². The fourth-order valence-electron chi connectivity index (χ4n) is 3.62. The van der Waals surface area contributed by atoms with Crippen LogP contribution >= 0.6 is 11.3 Å². The Labute approximate surface area is 214 Å². The van der Waals surface area contributed by atoms with Crippen LogP contribution < -0.4 is 15.8 Å². The lowest BCUT2D eigenvalue weighted by atomic mass is 10.0. The molecule has 0 unspecified atom stereocenters. The normalized spacial score (nSPS) is 19.7. The molecule has 3 aromatic rings. The van der Waals surface area contributed by atoms with Crippen LogP contribution in [0.15, 0.2) is 46.2 Å². The molecule has 14 nitrogen and oxygen atoms in total. The summed E-state index contributed by atoms with van der Waals surface area (Å²) in [7, 11) is -3.83. The van der Waals surface area contributed by atoms with Crippen molar-refractivity contribution in [1.29, 1.82) is 0 Å². The maximum atomic E-state index is 13.0. The Balaban J connectivity index is 1.41. The molecule has 1 aliphatic rings. The van der Waals surface area contributed by atoms with Crippen LogP contribution in [0.25, 0.3) is 5.69 Å². The van der Waals surface area contributed by atoms with Gasteiger partial charge in [0.1, 0.15) is 11.7 Å². The summed E-state index contributed by atoms with van der Waals surface area (Å²) in [5, 5.41) is 29.4. The van der Waals surface area contributed by atoms with E-state index >= 15 is 0 Å². The maximum absolute atomic E-state index is 13.0. The summed E-state index contributed by atoms with van der Waals surface area (Å²) in [4.78, 5) is 41.2. The monoisotopic (exact) mass is 549 g/mol. The van der Waals surface area contributed by atoms with Crippen LogP contribution in [0.5, 0.6) is 0 Å². The lowest BCUT2D eigenvalue weighted by Gasteiger charge is -2.17. The number of nitrogens with two attached hydrogens (primary N) is 1. The average Bonchev–Trinajstić information content (AvgIpc) is 3.15. The molecule has 16 heteroatoms. The van der Waals surface area contributed by atoms with E-state index in [1.54, 1.807) is 24.0 Å². The highest BCUT2D eigenvalue weighted by Gasteiger charge is 2.65. The summed E-state index contributed by atoms with van der Waals surface area (Å²) in [5.41, 5.74) is 1.50. The van der Waals surface area contributed by atoms with Crippen molar-refractivity contribution in [2.45, 2.75) is 49.0 Å². The summed E-state index contributed by atoms with van der Waals surface area (Å²) in [6.45, 7) is 1.58. The number of sulfonamides is 1. The topological polar surface area (TPSA) is 212 Å². The van der Waals surface area contributed by atoms with Gasteiger partial charge >= 0.3 is 5.97 Å². The Bertz CT molecular complexity index is 1410.